The molecule has 0 aliphatic heterocycles. The molecule has 1 N–H and O–H groups in total. The Morgan fingerprint density at radius 1 is 1.04 bits per heavy atom. The van der Waals surface area contributed by atoms with Gasteiger partial charge in [-0.1, -0.05) is 30.3 Å². The molecule has 122 valence electrons. The van der Waals surface area contributed by atoms with E-state index in [0.717, 1.165) is 19.9 Å². The molecule has 0 amide bonds. The first-order valence-corrected chi connectivity index (χ1v) is 8.32. The number of halogens is 1. The van der Waals surface area contributed by atoms with Gasteiger partial charge in [0.15, 0.2) is 0 Å². The molecule has 0 fully saturated rings. The number of phenolic OH excluding ortho intramolecular Hbond substituents is 1. The van der Waals surface area contributed by atoms with E-state index in [1.807, 2.05) is 42.5 Å². The molecule has 0 saturated carbocycles. The highest BCUT2D eigenvalue weighted by Gasteiger charge is 2.23. The summed E-state index contributed by atoms with van der Waals surface area (Å²) < 4.78 is 11.2. The minimum absolute atomic E-state index is 0.108. The van der Waals surface area contributed by atoms with Crippen LogP contribution in [0.1, 0.15) is 10.4 Å². The number of esters is 1. The van der Waals surface area contributed by atoms with Gasteiger partial charge in [-0.3, -0.25) is 0 Å². The fourth-order valence-electron chi connectivity index (χ4n) is 2.77. The molecule has 5 heteroatoms. The lowest BCUT2D eigenvalue weighted by molar-refractivity contribution is 0.0598. The number of phenols is 1. The van der Waals surface area contributed by atoms with Crippen molar-refractivity contribution >= 4 is 39.3 Å². The summed E-state index contributed by atoms with van der Waals surface area (Å²) in [5.74, 6) is -0.0586. The Morgan fingerprint density at radius 2 is 1.79 bits per heavy atom. The third kappa shape index (κ3) is 2.69. The predicted molar refractivity (Wildman–Crippen MR) is 102 cm³/mol. The zero-order valence-electron chi connectivity index (χ0n) is 13.2. The maximum Gasteiger partial charge on any atom is 0.341 e. The molecule has 0 spiro atoms. The van der Waals surface area contributed by atoms with Crippen molar-refractivity contribution in [3.8, 4) is 22.6 Å². The molecule has 0 bridgehead atoms. The third-order valence-corrected chi connectivity index (χ3v) is 4.77. The van der Waals surface area contributed by atoms with Crippen LogP contribution in [0.15, 0.2) is 48.5 Å². The molecule has 3 rings (SSSR count). The highest BCUT2D eigenvalue weighted by molar-refractivity contribution is 14.1. The number of aromatic hydroxyl groups is 1. The molecule has 0 aliphatic carbocycles. The molecule has 0 heterocycles. The van der Waals surface area contributed by atoms with E-state index >= 15 is 0 Å². The molecule has 0 aromatic heterocycles. The fourth-order valence-corrected chi connectivity index (χ4v) is 3.52. The number of fused-ring (bicyclic) bond motifs is 1. The van der Waals surface area contributed by atoms with Gasteiger partial charge >= 0.3 is 5.97 Å². The van der Waals surface area contributed by atoms with E-state index in [0.29, 0.717) is 11.3 Å². The SMILES string of the molecule is COC(=O)c1cc2ccccc2c(-c2c(I)cccc2OC)c1O. The van der Waals surface area contributed by atoms with Gasteiger partial charge in [-0.15, -0.1) is 0 Å². The Morgan fingerprint density at radius 3 is 2.50 bits per heavy atom. The number of hydrogen-bond donors (Lipinski definition) is 1. The second-order valence-corrected chi connectivity index (χ2v) is 6.34. The molecule has 0 saturated heterocycles. The second-order valence-electron chi connectivity index (χ2n) is 5.18. The first-order chi connectivity index (χ1) is 11.6. The summed E-state index contributed by atoms with van der Waals surface area (Å²) in [4.78, 5) is 12.1. The fraction of sp³-hybridized carbons (Fsp3) is 0.105. The highest BCUT2D eigenvalue weighted by atomic mass is 127. The zero-order valence-corrected chi connectivity index (χ0v) is 15.3. The predicted octanol–water partition coefficient (Wildman–Crippen LogP) is 4.61. The molecule has 24 heavy (non-hydrogen) atoms. The lowest BCUT2D eigenvalue weighted by Gasteiger charge is -2.17. The third-order valence-electron chi connectivity index (χ3n) is 3.87. The highest BCUT2D eigenvalue weighted by Crippen LogP contribution is 2.45. The minimum Gasteiger partial charge on any atom is -0.506 e. The van der Waals surface area contributed by atoms with Crippen LogP contribution in [0.25, 0.3) is 21.9 Å². The normalized spacial score (nSPS) is 10.6. The van der Waals surface area contributed by atoms with E-state index in [1.165, 1.54) is 7.11 Å². The van der Waals surface area contributed by atoms with Crippen LogP contribution in [0.4, 0.5) is 0 Å². The quantitative estimate of drug-likeness (QED) is 0.483. The Kier molecular flexibility index (Phi) is 4.62. The van der Waals surface area contributed by atoms with E-state index in [-0.39, 0.29) is 11.3 Å². The van der Waals surface area contributed by atoms with Crippen molar-refractivity contribution in [1.82, 2.24) is 0 Å². The number of benzene rings is 3. The van der Waals surface area contributed by atoms with Gasteiger partial charge in [0, 0.05) is 14.7 Å². The van der Waals surface area contributed by atoms with Gasteiger partial charge in [0.2, 0.25) is 0 Å². The molecular formula is C19H15IO4. The summed E-state index contributed by atoms with van der Waals surface area (Å²) in [6.45, 7) is 0. The number of rotatable bonds is 3. The van der Waals surface area contributed by atoms with Gasteiger partial charge in [-0.05, 0) is 51.6 Å². The van der Waals surface area contributed by atoms with Crippen LogP contribution in [0, 0.1) is 3.57 Å². The number of methoxy groups -OCH3 is 2. The van der Waals surface area contributed by atoms with E-state index in [9.17, 15) is 9.90 Å². The number of ether oxygens (including phenoxy) is 2. The minimum atomic E-state index is -0.579. The van der Waals surface area contributed by atoms with Gasteiger partial charge < -0.3 is 14.6 Å². The topological polar surface area (TPSA) is 55.8 Å². The molecule has 0 radical (unpaired) electrons. The first-order valence-electron chi connectivity index (χ1n) is 7.24. The average molecular weight is 434 g/mol. The maximum absolute atomic E-state index is 12.1. The lowest BCUT2D eigenvalue weighted by atomic mass is 9.93. The molecule has 3 aromatic rings. The molecule has 4 nitrogen and oxygen atoms in total. The van der Waals surface area contributed by atoms with E-state index in [2.05, 4.69) is 22.6 Å². The number of carbonyl (C=O) groups excluding carboxylic acids is 1. The Balaban J connectivity index is 2.48. The summed E-state index contributed by atoms with van der Waals surface area (Å²) in [6.07, 6.45) is 0. The smallest absolute Gasteiger partial charge is 0.341 e. The number of hydrogen-bond acceptors (Lipinski definition) is 4. The average Bonchev–Trinajstić information content (AvgIpc) is 2.61. The van der Waals surface area contributed by atoms with Gasteiger partial charge in [0.1, 0.15) is 17.1 Å². The van der Waals surface area contributed by atoms with E-state index in [1.54, 1.807) is 13.2 Å². The standard InChI is InChI=1S/C19H15IO4/c1-23-15-9-5-8-14(20)17(15)16-12-7-4-3-6-11(12)10-13(18(16)21)19(22)24-2/h3-10,21H,1-2H3. The summed E-state index contributed by atoms with van der Waals surface area (Å²) in [7, 11) is 2.88. The van der Waals surface area contributed by atoms with Gasteiger partial charge in [-0.25, -0.2) is 4.79 Å². The van der Waals surface area contributed by atoms with Crippen LogP contribution in [0.5, 0.6) is 11.5 Å². The Bertz CT molecular complexity index is 934. The Labute approximate surface area is 153 Å². The van der Waals surface area contributed by atoms with Crippen molar-refractivity contribution in [3.05, 3.63) is 57.7 Å². The molecule has 3 aromatic carbocycles. The summed E-state index contributed by atoms with van der Waals surface area (Å²) in [6, 6.07) is 14.9. The van der Waals surface area contributed by atoms with Gasteiger partial charge in [0.05, 0.1) is 14.2 Å². The second kappa shape index (κ2) is 6.68. The van der Waals surface area contributed by atoms with E-state index in [4.69, 9.17) is 9.47 Å². The summed E-state index contributed by atoms with van der Waals surface area (Å²) in [5.41, 5.74) is 1.45. The van der Waals surface area contributed by atoms with Crippen molar-refractivity contribution in [1.29, 1.82) is 0 Å². The molecule has 0 atom stereocenters. The van der Waals surface area contributed by atoms with E-state index < -0.39 is 5.97 Å². The molecular weight excluding hydrogens is 419 g/mol. The zero-order chi connectivity index (χ0) is 17.3. The summed E-state index contributed by atoms with van der Waals surface area (Å²) >= 11 is 2.19. The van der Waals surface area contributed by atoms with Crippen LogP contribution in [-0.4, -0.2) is 25.3 Å². The Hall–Kier alpha value is -2.28. The van der Waals surface area contributed by atoms with Crippen LogP contribution in [-0.2, 0) is 4.74 Å². The van der Waals surface area contributed by atoms with Gasteiger partial charge in [-0.2, -0.15) is 0 Å². The first kappa shape index (κ1) is 16.6. The van der Waals surface area contributed by atoms with Gasteiger partial charge in [0.25, 0.3) is 0 Å². The monoisotopic (exact) mass is 434 g/mol. The largest absolute Gasteiger partial charge is 0.506 e. The van der Waals surface area contributed by atoms with Crippen molar-refractivity contribution in [3.63, 3.8) is 0 Å². The maximum atomic E-state index is 12.1. The summed E-state index contributed by atoms with van der Waals surface area (Å²) in [5, 5.41) is 12.5. The van der Waals surface area contributed by atoms with Crippen LogP contribution >= 0.6 is 22.6 Å². The molecule has 0 aliphatic rings. The van der Waals surface area contributed by atoms with Crippen LogP contribution in [0.3, 0.4) is 0 Å². The van der Waals surface area contributed by atoms with Crippen molar-refractivity contribution in [2.24, 2.45) is 0 Å². The van der Waals surface area contributed by atoms with Crippen molar-refractivity contribution < 1.29 is 19.4 Å². The van der Waals surface area contributed by atoms with Crippen LogP contribution in [0.2, 0.25) is 0 Å². The van der Waals surface area contributed by atoms with Crippen molar-refractivity contribution in [2.75, 3.05) is 14.2 Å². The lowest BCUT2D eigenvalue weighted by Crippen LogP contribution is -2.03. The number of carbonyl (C=O) groups is 1. The van der Waals surface area contributed by atoms with Crippen LogP contribution < -0.4 is 4.74 Å². The van der Waals surface area contributed by atoms with Crippen molar-refractivity contribution in [2.45, 2.75) is 0 Å². The molecule has 0 unspecified atom stereocenters.